The van der Waals surface area contributed by atoms with Crippen LogP contribution in [0.15, 0.2) is 42.6 Å². The topological polar surface area (TPSA) is 96.8 Å². The number of methoxy groups -OCH3 is 2. The van der Waals surface area contributed by atoms with E-state index in [0.717, 1.165) is 16.3 Å². The summed E-state index contributed by atoms with van der Waals surface area (Å²) in [6.07, 6.45) is 0.645. The Bertz CT molecular complexity index is 1080. The fourth-order valence-corrected chi connectivity index (χ4v) is 3.40. The molecule has 3 rings (SSSR count). The largest absolute Gasteiger partial charge is 0.497 e. The van der Waals surface area contributed by atoms with E-state index in [4.69, 9.17) is 9.47 Å². The summed E-state index contributed by atoms with van der Waals surface area (Å²) in [5.74, 6) is 1.14. The molecule has 3 aromatic rings. The van der Waals surface area contributed by atoms with Crippen molar-refractivity contribution < 1.29 is 19.4 Å². The first-order valence-corrected chi connectivity index (χ1v) is 9.96. The quantitative estimate of drug-likeness (QED) is 0.533. The summed E-state index contributed by atoms with van der Waals surface area (Å²) in [5, 5.41) is 14.8. The first kappa shape index (κ1) is 22.3. The second-order valence-corrected chi connectivity index (χ2v) is 8.06. The Balaban J connectivity index is 2.18. The second-order valence-electron chi connectivity index (χ2n) is 8.06. The van der Waals surface area contributed by atoms with Gasteiger partial charge in [-0.05, 0) is 56.5 Å². The van der Waals surface area contributed by atoms with Gasteiger partial charge >= 0.3 is 6.09 Å². The molecule has 0 aliphatic heterocycles. The molecule has 2 N–H and O–H groups in total. The number of aromatic nitrogens is 2. The van der Waals surface area contributed by atoms with Crippen molar-refractivity contribution in [2.75, 3.05) is 37.6 Å². The van der Waals surface area contributed by atoms with Gasteiger partial charge in [0, 0.05) is 36.3 Å². The first-order valence-electron chi connectivity index (χ1n) is 9.96. The molecule has 0 bridgehead atoms. The molecule has 0 atom stereocenters. The SMILES string of the molecule is COCCNc1nccc(-c2cc(N(C(=O)O)C(C)(C)C)c3cc(OC)ccc3c2)n1. The van der Waals surface area contributed by atoms with Crippen molar-refractivity contribution in [3.63, 3.8) is 0 Å². The van der Waals surface area contributed by atoms with E-state index in [9.17, 15) is 9.90 Å². The van der Waals surface area contributed by atoms with Crippen molar-refractivity contribution in [2.45, 2.75) is 26.3 Å². The van der Waals surface area contributed by atoms with Gasteiger partial charge in [-0.25, -0.2) is 14.8 Å². The molecule has 0 saturated heterocycles. The van der Waals surface area contributed by atoms with Gasteiger partial charge in [0.05, 0.1) is 25.1 Å². The van der Waals surface area contributed by atoms with Crippen LogP contribution in [0.4, 0.5) is 16.4 Å². The van der Waals surface area contributed by atoms with Crippen molar-refractivity contribution in [3.8, 4) is 17.0 Å². The summed E-state index contributed by atoms with van der Waals surface area (Å²) in [7, 11) is 3.22. The maximum absolute atomic E-state index is 12.2. The van der Waals surface area contributed by atoms with Gasteiger partial charge in [0.1, 0.15) is 5.75 Å². The summed E-state index contributed by atoms with van der Waals surface area (Å²) in [6, 6.07) is 11.3. The third kappa shape index (κ3) is 5.03. The highest BCUT2D eigenvalue weighted by Crippen LogP contribution is 2.37. The molecule has 0 aliphatic carbocycles. The van der Waals surface area contributed by atoms with Gasteiger partial charge in [-0.3, -0.25) is 4.90 Å². The number of anilines is 2. The van der Waals surface area contributed by atoms with Crippen LogP contribution in [0.2, 0.25) is 0 Å². The molecule has 0 unspecified atom stereocenters. The number of nitrogens with one attached hydrogen (secondary N) is 1. The Morgan fingerprint density at radius 2 is 1.94 bits per heavy atom. The summed E-state index contributed by atoms with van der Waals surface area (Å²) >= 11 is 0. The normalized spacial score (nSPS) is 11.4. The van der Waals surface area contributed by atoms with Crippen LogP contribution in [0.25, 0.3) is 22.0 Å². The molecular weight excluding hydrogens is 396 g/mol. The van der Waals surface area contributed by atoms with Gasteiger partial charge in [0.2, 0.25) is 5.95 Å². The third-order valence-corrected chi connectivity index (χ3v) is 4.78. The maximum atomic E-state index is 12.2. The predicted molar refractivity (Wildman–Crippen MR) is 122 cm³/mol. The van der Waals surface area contributed by atoms with Crippen molar-refractivity contribution in [3.05, 3.63) is 42.6 Å². The van der Waals surface area contributed by atoms with Crippen LogP contribution in [0.5, 0.6) is 5.75 Å². The number of amides is 1. The van der Waals surface area contributed by atoms with E-state index in [0.29, 0.717) is 36.2 Å². The van der Waals surface area contributed by atoms with Crippen LogP contribution in [0.1, 0.15) is 20.8 Å². The fourth-order valence-electron chi connectivity index (χ4n) is 3.40. The lowest BCUT2D eigenvalue weighted by Crippen LogP contribution is -2.45. The van der Waals surface area contributed by atoms with Gasteiger partial charge in [0.15, 0.2) is 0 Å². The lowest BCUT2D eigenvalue weighted by molar-refractivity contribution is 0.196. The van der Waals surface area contributed by atoms with Crippen molar-refractivity contribution in [2.24, 2.45) is 0 Å². The second kappa shape index (κ2) is 9.18. The highest BCUT2D eigenvalue weighted by molar-refractivity contribution is 6.04. The average molecular weight is 425 g/mol. The van der Waals surface area contributed by atoms with E-state index in [2.05, 4.69) is 15.3 Å². The van der Waals surface area contributed by atoms with E-state index in [-0.39, 0.29) is 0 Å². The zero-order valence-corrected chi connectivity index (χ0v) is 18.5. The van der Waals surface area contributed by atoms with Crippen LogP contribution < -0.4 is 15.0 Å². The number of carbonyl (C=O) groups is 1. The molecule has 0 aliphatic rings. The molecule has 0 radical (unpaired) electrons. The Morgan fingerprint density at radius 1 is 1.16 bits per heavy atom. The van der Waals surface area contributed by atoms with Crippen LogP contribution in [-0.2, 0) is 4.74 Å². The maximum Gasteiger partial charge on any atom is 0.412 e. The van der Waals surface area contributed by atoms with Gasteiger partial charge in [-0.1, -0.05) is 6.07 Å². The van der Waals surface area contributed by atoms with Crippen molar-refractivity contribution >= 4 is 28.5 Å². The van der Waals surface area contributed by atoms with E-state index >= 15 is 0 Å². The number of fused-ring (bicyclic) bond motifs is 1. The molecular formula is C23H28N4O4. The molecule has 1 heterocycles. The minimum Gasteiger partial charge on any atom is -0.497 e. The fraction of sp³-hybridized carbons (Fsp3) is 0.348. The van der Waals surface area contributed by atoms with Gasteiger partial charge < -0.3 is 19.9 Å². The van der Waals surface area contributed by atoms with Crippen molar-refractivity contribution in [1.82, 2.24) is 9.97 Å². The van der Waals surface area contributed by atoms with E-state index < -0.39 is 11.6 Å². The van der Waals surface area contributed by atoms with Gasteiger partial charge in [-0.2, -0.15) is 0 Å². The van der Waals surface area contributed by atoms with Crippen molar-refractivity contribution in [1.29, 1.82) is 0 Å². The standard InChI is InChI=1S/C23H28N4O4/c1-23(2,3)27(22(28)29)20-13-16(12-15-6-7-17(31-5)14-18(15)20)19-8-9-24-21(26-19)25-10-11-30-4/h6-9,12-14H,10-11H2,1-5H3,(H,28,29)(H,24,25,26). The third-order valence-electron chi connectivity index (χ3n) is 4.78. The molecule has 8 nitrogen and oxygen atoms in total. The lowest BCUT2D eigenvalue weighted by Gasteiger charge is -2.34. The number of benzene rings is 2. The summed E-state index contributed by atoms with van der Waals surface area (Å²) in [6.45, 7) is 6.71. The molecule has 2 aromatic carbocycles. The molecule has 164 valence electrons. The molecule has 0 fully saturated rings. The Labute approximate surface area is 181 Å². The Morgan fingerprint density at radius 3 is 2.58 bits per heavy atom. The Kier molecular flexibility index (Phi) is 6.60. The predicted octanol–water partition coefficient (Wildman–Crippen LogP) is 4.65. The van der Waals surface area contributed by atoms with Gasteiger partial charge in [0.25, 0.3) is 0 Å². The number of hydrogen-bond donors (Lipinski definition) is 2. The number of nitrogens with zero attached hydrogens (tertiary/aromatic N) is 3. The van der Waals surface area contributed by atoms with Crippen LogP contribution in [0, 0.1) is 0 Å². The highest BCUT2D eigenvalue weighted by Gasteiger charge is 2.30. The van der Waals surface area contributed by atoms with Crippen LogP contribution >= 0.6 is 0 Å². The Hall–Kier alpha value is -3.39. The zero-order valence-electron chi connectivity index (χ0n) is 18.5. The molecule has 0 saturated carbocycles. The smallest absolute Gasteiger partial charge is 0.412 e. The minimum atomic E-state index is -1.03. The van der Waals surface area contributed by atoms with Gasteiger partial charge in [-0.15, -0.1) is 0 Å². The first-order chi connectivity index (χ1) is 14.7. The number of rotatable bonds is 7. The van der Waals surface area contributed by atoms with Crippen LogP contribution in [0.3, 0.4) is 0 Å². The summed E-state index contributed by atoms with van der Waals surface area (Å²) in [5.41, 5.74) is 1.39. The molecule has 1 amide bonds. The van der Waals surface area contributed by atoms with E-state index in [1.54, 1.807) is 26.5 Å². The molecule has 8 heteroatoms. The molecule has 31 heavy (non-hydrogen) atoms. The van der Waals surface area contributed by atoms with E-state index in [1.165, 1.54) is 4.90 Å². The average Bonchev–Trinajstić information content (AvgIpc) is 2.72. The summed E-state index contributed by atoms with van der Waals surface area (Å²) < 4.78 is 10.4. The lowest BCUT2D eigenvalue weighted by atomic mass is 9.98. The van der Waals surface area contributed by atoms with E-state index in [1.807, 2.05) is 51.1 Å². The monoisotopic (exact) mass is 424 g/mol. The zero-order chi connectivity index (χ0) is 22.6. The molecule has 0 spiro atoms. The summed E-state index contributed by atoms with van der Waals surface area (Å²) in [4.78, 5) is 22.5. The highest BCUT2D eigenvalue weighted by atomic mass is 16.5. The number of carboxylic acid groups (broad SMARTS) is 1. The number of ether oxygens (including phenoxy) is 2. The number of hydrogen-bond acceptors (Lipinski definition) is 6. The van der Waals surface area contributed by atoms with Crippen LogP contribution in [-0.4, -0.2) is 54.1 Å². The minimum absolute atomic E-state index is 0.483. The molecule has 1 aromatic heterocycles.